The molecular formula is C14H25O. The second-order valence-corrected chi connectivity index (χ2v) is 4.42. The molecule has 0 saturated carbocycles. The van der Waals surface area contributed by atoms with Crippen molar-refractivity contribution in [2.24, 2.45) is 5.92 Å². The first kappa shape index (κ1) is 14.4. The first-order valence-corrected chi connectivity index (χ1v) is 6.27. The third-order valence-corrected chi connectivity index (χ3v) is 2.83. The molecule has 0 aromatic carbocycles. The third kappa shape index (κ3) is 11.3. The first-order chi connectivity index (χ1) is 7.31. The Morgan fingerprint density at radius 3 is 2.40 bits per heavy atom. The molecule has 15 heavy (non-hydrogen) atoms. The highest BCUT2D eigenvalue weighted by Gasteiger charge is 2.01. The van der Waals surface area contributed by atoms with Crippen molar-refractivity contribution in [3.05, 3.63) is 12.7 Å². The van der Waals surface area contributed by atoms with Gasteiger partial charge in [0.15, 0.2) is 6.29 Å². The molecule has 0 aliphatic carbocycles. The maximum absolute atomic E-state index is 9.97. The quantitative estimate of drug-likeness (QED) is 0.363. The summed E-state index contributed by atoms with van der Waals surface area (Å²) in [5.41, 5.74) is 0. The van der Waals surface area contributed by atoms with E-state index in [1.165, 1.54) is 38.5 Å². The van der Waals surface area contributed by atoms with E-state index in [1.807, 2.05) is 12.4 Å². The summed E-state index contributed by atoms with van der Waals surface area (Å²) < 4.78 is 0. The Balaban J connectivity index is 3.14. The molecule has 1 heteroatoms. The van der Waals surface area contributed by atoms with Crippen LogP contribution in [0.2, 0.25) is 0 Å². The average Bonchev–Trinajstić information content (AvgIpc) is 2.24. The van der Waals surface area contributed by atoms with E-state index in [9.17, 15) is 4.79 Å². The van der Waals surface area contributed by atoms with E-state index in [4.69, 9.17) is 0 Å². The fourth-order valence-electron chi connectivity index (χ4n) is 1.79. The van der Waals surface area contributed by atoms with Gasteiger partial charge in [-0.2, -0.15) is 0 Å². The molecule has 0 heterocycles. The van der Waals surface area contributed by atoms with E-state index in [1.54, 1.807) is 0 Å². The Bertz CT molecular complexity index is 151. The highest BCUT2D eigenvalue weighted by atomic mass is 16.1. The summed E-state index contributed by atoms with van der Waals surface area (Å²) in [5, 5.41) is 0. The standard InChI is InChI=1S/C14H25O/c1-3-4-5-8-11-14(2)12-9-6-7-10-13-15/h3,14H,1,4-12H2,2H3. The maximum atomic E-state index is 9.97. The van der Waals surface area contributed by atoms with Crippen molar-refractivity contribution < 1.29 is 4.79 Å². The van der Waals surface area contributed by atoms with E-state index in [2.05, 4.69) is 13.5 Å². The molecule has 1 nitrogen and oxygen atoms in total. The number of carbonyl (C=O) groups excluding carboxylic acids is 1. The minimum atomic E-state index is 0.619. The van der Waals surface area contributed by atoms with E-state index in [-0.39, 0.29) is 0 Å². The Morgan fingerprint density at radius 2 is 1.80 bits per heavy atom. The van der Waals surface area contributed by atoms with E-state index in [0.717, 1.165) is 18.8 Å². The lowest BCUT2D eigenvalue weighted by Crippen LogP contribution is -1.94. The van der Waals surface area contributed by atoms with Crippen LogP contribution >= 0.6 is 0 Å². The fourth-order valence-corrected chi connectivity index (χ4v) is 1.79. The molecule has 0 bridgehead atoms. The second kappa shape index (κ2) is 11.5. The topological polar surface area (TPSA) is 17.1 Å². The number of unbranched alkanes of at least 4 members (excludes halogenated alkanes) is 5. The molecule has 0 fully saturated rings. The summed E-state index contributed by atoms with van der Waals surface area (Å²) in [4.78, 5) is 9.97. The lowest BCUT2D eigenvalue weighted by atomic mass is 9.96. The van der Waals surface area contributed by atoms with Crippen molar-refractivity contribution in [1.29, 1.82) is 0 Å². The van der Waals surface area contributed by atoms with Gasteiger partial charge in [-0.15, -0.1) is 6.58 Å². The van der Waals surface area contributed by atoms with E-state index >= 15 is 0 Å². The van der Waals surface area contributed by atoms with Gasteiger partial charge in [-0.3, -0.25) is 4.79 Å². The van der Waals surface area contributed by atoms with Crippen LogP contribution in [0, 0.1) is 5.92 Å². The zero-order chi connectivity index (χ0) is 11.4. The van der Waals surface area contributed by atoms with Crippen molar-refractivity contribution in [3.8, 4) is 0 Å². The molecule has 0 spiro atoms. The molecule has 1 radical (unpaired) electrons. The second-order valence-electron chi connectivity index (χ2n) is 4.42. The molecule has 1 atom stereocenters. The Hall–Kier alpha value is -0.590. The minimum absolute atomic E-state index is 0.619. The lowest BCUT2D eigenvalue weighted by molar-refractivity contribution is 0.442. The van der Waals surface area contributed by atoms with Crippen molar-refractivity contribution in [3.63, 3.8) is 0 Å². The number of hydrogen-bond acceptors (Lipinski definition) is 1. The van der Waals surface area contributed by atoms with Gasteiger partial charge < -0.3 is 0 Å². The van der Waals surface area contributed by atoms with Crippen LogP contribution in [-0.2, 0) is 4.79 Å². The minimum Gasteiger partial charge on any atom is -0.291 e. The number of hydrogen-bond donors (Lipinski definition) is 0. The fraction of sp³-hybridized carbons (Fsp3) is 0.786. The predicted molar refractivity (Wildman–Crippen MR) is 66.6 cm³/mol. The van der Waals surface area contributed by atoms with Gasteiger partial charge in [-0.05, 0) is 25.2 Å². The van der Waals surface area contributed by atoms with Gasteiger partial charge in [0.2, 0.25) is 0 Å². The molecular weight excluding hydrogens is 184 g/mol. The lowest BCUT2D eigenvalue weighted by Gasteiger charge is -2.10. The van der Waals surface area contributed by atoms with Crippen LogP contribution in [-0.4, -0.2) is 6.29 Å². The van der Waals surface area contributed by atoms with Crippen LogP contribution in [0.3, 0.4) is 0 Å². The summed E-state index contributed by atoms with van der Waals surface area (Å²) in [7, 11) is 0. The van der Waals surface area contributed by atoms with Gasteiger partial charge in [0, 0.05) is 6.42 Å². The molecule has 0 saturated heterocycles. The molecule has 1 unspecified atom stereocenters. The molecule has 87 valence electrons. The highest BCUT2D eigenvalue weighted by molar-refractivity contribution is 5.50. The van der Waals surface area contributed by atoms with Gasteiger partial charge in [0.1, 0.15) is 0 Å². The average molecular weight is 209 g/mol. The summed E-state index contributed by atoms with van der Waals surface area (Å²) >= 11 is 0. The Kier molecular flexibility index (Phi) is 11.0. The first-order valence-electron chi connectivity index (χ1n) is 6.27. The van der Waals surface area contributed by atoms with Crippen LogP contribution < -0.4 is 0 Å². The molecule has 0 amide bonds. The zero-order valence-corrected chi connectivity index (χ0v) is 10.1. The van der Waals surface area contributed by atoms with Crippen LogP contribution in [0.5, 0.6) is 0 Å². The normalized spacial score (nSPS) is 12.3. The SMILES string of the molecule is C=CCCCCC(C)CCCCC[C]=O. The third-order valence-electron chi connectivity index (χ3n) is 2.83. The van der Waals surface area contributed by atoms with Crippen molar-refractivity contribution >= 4 is 6.29 Å². The molecule has 0 aromatic heterocycles. The monoisotopic (exact) mass is 209 g/mol. The van der Waals surface area contributed by atoms with Crippen LogP contribution in [0.4, 0.5) is 0 Å². The van der Waals surface area contributed by atoms with E-state index in [0.29, 0.717) is 6.42 Å². The zero-order valence-electron chi connectivity index (χ0n) is 10.1. The maximum Gasteiger partial charge on any atom is 0.198 e. The highest BCUT2D eigenvalue weighted by Crippen LogP contribution is 2.16. The van der Waals surface area contributed by atoms with Crippen LogP contribution in [0.25, 0.3) is 0 Å². The summed E-state index contributed by atoms with van der Waals surface area (Å²) in [6.07, 6.45) is 14.5. The van der Waals surface area contributed by atoms with Crippen molar-refractivity contribution in [2.75, 3.05) is 0 Å². The summed E-state index contributed by atoms with van der Waals surface area (Å²) in [6, 6.07) is 0. The van der Waals surface area contributed by atoms with Crippen molar-refractivity contribution in [2.45, 2.75) is 64.7 Å². The van der Waals surface area contributed by atoms with Gasteiger partial charge in [0.25, 0.3) is 0 Å². The predicted octanol–water partition coefficient (Wildman–Crippen LogP) is 4.43. The molecule has 0 aliphatic heterocycles. The molecule has 0 aliphatic rings. The smallest absolute Gasteiger partial charge is 0.198 e. The van der Waals surface area contributed by atoms with Gasteiger partial charge >= 0.3 is 0 Å². The molecule has 0 rings (SSSR count). The van der Waals surface area contributed by atoms with E-state index < -0.39 is 0 Å². The van der Waals surface area contributed by atoms with Crippen molar-refractivity contribution in [1.82, 2.24) is 0 Å². The largest absolute Gasteiger partial charge is 0.291 e. The summed E-state index contributed by atoms with van der Waals surface area (Å²) in [6.45, 7) is 6.06. The molecule has 0 aromatic rings. The number of rotatable bonds is 11. The molecule has 0 N–H and O–H groups in total. The summed E-state index contributed by atoms with van der Waals surface area (Å²) in [5.74, 6) is 0.843. The van der Waals surface area contributed by atoms with Crippen LogP contribution in [0.15, 0.2) is 12.7 Å². The van der Waals surface area contributed by atoms with Gasteiger partial charge in [-0.1, -0.05) is 45.1 Å². The van der Waals surface area contributed by atoms with Gasteiger partial charge in [0.05, 0.1) is 0 Å². The number of allylic oxidation sites excluding steroid dienone is 1. The Labute approximate surface area is 95.0 Å². The van der Waals surface area contributed by atoms with Crippen LogP contribution in [0.1, 0.15) is 64.7 Å². The Morgan fingerprint density at radius 1 is 1.13 bits per heavy atom. The van der Waals surface area contributed by atoms with Gasteiger partial charge in [-0.25, -0.2) is 0 Å².